The van der Waals surface area contributed by atoms with Gasteiger partial charge in [-0.2, -0.15) is 0 Å². The molecule has 1 heterocycles. The van der Waals surface area contributed by atoms with Crippen LogP contribution in [0.15, 0.2) is 18.2 Å². The Balaban J connectivity index is 1.60. The smallest absolute Gasteiger partial charge is 0.319 e. The monoisotopic (exact) mass is 246 g/mol. The van der Waals surface area contributed by atoms with Crippen LogP contribution in [0, 0.1) is 0 Å². The number of anilines is 1. The predicted molar refractivity (Wildman–Crippen MR) is 69.8 cm³/mol. The zero-order chi connectivity index (χ0) is 12.4. The number of aryl methyl sites for hydroxylation is 2. The molecule has 0 spiro atoms. The van der Waals surface area contributed by atoms with Gasteiger partial charge in [0.05, 0.1) is 12.6 Å². The quantitative estimate of drug-likeness (QED) is 0.839. The summed E-state index contributed by atoms with van der Waals surface area (Å²) in [5.74, 6) is 0. The van der Waals surface area contributed by atoms with E-state index < -0.39 is 0 Å². The molecule has 2 amide bonds. The number of carbonyl (C=O) groups excluding carboxylic acids is 1. The first-order valence-electron chi connectivity index (χ1n) is 6.58. The number of rotatable bonds is 2. The Kier molecular flexibility index (Phi) is 3.19. The van der Waals surface area contributed by atoms with E-state index in [2.05, 4.69) is 22.8 Å². The van der Waals surface area contributed by atoms with Crippen LogP contribution in [0.5, 0.6) is 0 Å². The molecule has 1 aliphatic heterocycles. The number of ether oxygens (including phenoxy) is 1. The second-order valence-corrected chi connectivity index (χ2v) is 5.00. The minimum absolute atomic E-state index is 0.136. The van der Waals surface area contributed by atoms with Gasteiger partial charge >= 0.3 is 6.03 Å². The van der Waals surface area contributed by atoms with Crippen LogP contribution in [-0.4, -0.2) is 25.3 Å². The lowest BCUT2D eigenvalue weighted by atomic mass is 10.1. The summed E-state index contributed by atoms with van der Waals surface area (Å²) in [7, 11) is 0. The second-order valence-electron chi connectivity index (χ2n) is 5.00. The molecule has 0 saturated carbocycles. The molecule has 3 rings (SSSR count). The number of fused-ring (bicyclic) bond motifs is 1. The van der Waals surface area contributed by atoms with Crippen molar-refractivity contribution in [2.24, 2.45) is 0 Å². The van der Waals surface area contributed by atoms with Gasteiger partial charge in [-0.05, 0) is 48.9 Å². The first kappa shape index (κ1) is 11.5. The first-order chi connectivity index (χ1) is 8.81. The maximum Gasteiger partial charge on any atom is 0.319 e. The Morgan fingerprint density at radius 3 is 3.00 bits per heavy atom. The van der Waals surface area contributed by atoms with E-state index in [4.69, 9.17) is 4.74 Å². The summed E-state index contributed by atoms with van der Waals surface area (Å²) in [6, 6.07) is 6.21. The molecule has 1 atom stereocenters. The molecule has 1 aromatic carbocycles. The van der Waals surface area contributed by atoms with Gasteiger partial charge in [0.25, 0.3) is 0 Å². The highest BCUT2D eigenvalue weighted by molar-refractivity contribution is 5.89. The number of carbonyl (C=O) groups is 1. The molecule has 1 saturated heterocycles. The van der Waals surface area contributed by atoms with E-state index in [0.717, 1.165) is 25.1 Å². The third-order valence-electron chi connectivity index (χ3n) is 3.62. The van der Waals surface area contributed by atoms with Gasteiger partial charge in [-0.25, -0.2) is 4.79 Å². The topological polar surface area (TPSA) is 50.4 Å². The van der Waals surface area contributed by atoms with Crippen molar-refractivity contribution >= 4 is 11.7 Å². The van der Waals surface area contributed by atoms with Gasteiger partial charge in [-0.1, -0.05) is 6.07 Å². The summed E-state index contributed by atoms with van der Waals surface area (Å²) in [4.78, 5) is 11.8. The Bertz CT molecular complexity index is 453. The van der Waals surface area contributed by atoms with Gasteiger partial charge in [0.1, 0.15) is 0 Å². The van der Waals surface area contributed by atoms with Crippen molar-refractivity contribution in [2.45, 2.75) is 31.7 Å². The highest BCUT2D eigenvalue weighted by Gasteiger charge is 2.18. The zero-order valence-corrected chi connectivity index (χ0v) is 10.4. The minimum atomic E-state index is -0.136. The number of amides is 2. The van der Waals surface area contributed by atoms with E-state index in [0.29, 0.717) is 6.61 Å². The number of urea groups is 1. The number of hydrogen-bond acceptors (Lipinski definition) is 2. The summed E-state index contributed by atoms with van der Waals surface area (Å²) < 4.78 is 5.23. The van der Waals surface area contributed by atoms with E-state index in [9.17, 15) is 4.79 Å². The molecule has 4 nitrogen and oxygen atoms in total. The summed E-state index contributed by atoms with van der Waals surface area (Å²) >= 11 is 0. The summed E-state index contributed by atoms with van der Waals surface area (Å²) in [6.45, 7) is 1.36. The van der Waals surface area contributed by atoms with E-state index in [1.165, 1.54) is 24.0 Å². The molecule has 2 N–H and O–H groups in total. The third-order valence-corrected chi connectivity index (χ3v) is 3.62. The SMILES string of the molecule is O=C(Nc1ccc2c(c1)CCC2)NC1CCOC1. The average Bonchev–Trinajstić information content (AvgIpc) is 2.98. The zero-order valence-electron chi connectivity index (χ0n) is 10.4. The minimum Gasteiger partial charge on any atom is -0.379 e. The predicted octanol–water partition coefficient (Wildman–Crippen LogP) is 2.09. The fraction of sp³-hybridized carbons (Fsp3) is 0.500. The molecule has 1 fully saturated rings. The van der Waals surface area contributed by atoms with Crippen molar-refractivity contribution in [3.8, 4) is 0 Å². The second kappa shape index (κ2) is 4.98. The molecule has 1 unspecified atom stereocenters. The lowest BCUT2D eigenvalue weighted by Gasteiger charge is -2.12. The van der Waals surface area contributed by atoms with Gasteiger partial charge < -0.3 is 15.4 Å². The van der Waals surface area contributed by atoms with Crippen LogP contribution >= 0.6 is 0 Å². The molecule has 4 heteroatoms. The lowest BCUT2D eigenvalue weighted by molar-refractivity contribution is 0.189. The fourth-order valence-corrected chi connectivity index (χ4v) is 2.65. The Morgan fingerprint density at radius 2 is 2.17 bits per heavy atom. The third kappa shape index (κ3) is 2.48. The van der Waals surface area contributed by atoms with Crippen LogP contribution < -0.4 is 10.6 Å². The van der Waals surface area contributed by atoms with Crippen molar-refractivity contribution in [3.63, 3.8) is 0 Å². The number of nitrogens with one attached hydrogen (secondary N) is 2. The highest BCUT2D eigenvalue weighted by atomic mass is 16.5. The van der Waals surface area contributed by atoms with E-state index in [1.807, 2.05) is 6.07 Å². The Morgan fingerprint density at radius 1 is 1.28 bits per heavy atom. The molecule has 96 valence electrons. The summed E-state index contributed by atoms with van der Waals surface area (Å²) in [5, 5.41) is 5.81. The van der Waals surface area contributed by atoms with Crippen molar-refractivity contribution in [1.29, 1.82) is 0 Å². The number of hydrogen-bond donors (Lipinski definition) is 2. The molecule has 1 aromatic rings. The molecule has 1 aliphatic carbocycles. The molecular formula is C14H18N2O2. The van der Waals surface area contributed by atoms with Crippen LogP contribution in [-0.2, 0) is 17.6 Å². The molecule has 0 aromatic heterocycles. The van der Waals surface area contributed by atoms with Crippen LogP contribution in [0.3, 0.4) is 0 Å². The standard InChI is InChI=1S/C14H18N2O2/c17-14(16-13-6-7-18-9-13)15-12-5-4-10-2-1-3-11(10)8-12/h4-5,8,13H,1-3,6-7,9H2,(H2,15,16,17). The van der Waals surface area contributed by atoms with Gasteiger partial charge in [-0.15, -0.1) is 0 Å². The first-order valence-corrected chi connectivity index (χ1v) is 6.58. The van der Waals surface area contributed by atoms with Crippen LogP contribution in [0.2, 0.25) is 0 Å². The van der Waals surface area contributed by atoms with Crippen LogP contribution in [0.4, 0.5) is 10.5 Å². The molecule has 0 bridgehead atoms. The fourth-order valence-electron chi connectivity index (χ4n) is 2.65. The maximum absolute atomic E-state index is 11.8. The average molecular weight is 246 g/mol. The molecule has 2 aliphatic rings. The van der Waals surface area contributed by atoms with E-state index in [-0.39, 0.29) is 12.1 Å². The molecular weight excluding hydrogens is 228 g/mol. The van der Waals surface area contributed by atoms with Gasteiger partial charge in [0, 0.05) is 12.3 Å². The van der Waals surface area contributed by atoms with Crippen molar-refractivity contribution in [3.05, 3.63) is 29.3 Å². The van der Waals surface area contributed by atoms with Gasteiger partial charge in [0.15, 0.2) is 0 Å². The van der Waals surface area contributed by atoms with Crippen LogP contribution in [0.25, 0.3) is 0 Å². The van der Waals surface area contributed by atoms with Crippen molar-refractivity contribution in [1.82, 2.24) is 5.32 Å². The lowest BCUT2D eigenvalue weighted by Crippen LogP contribution is -2.38. The molecule has 18 heavy (non-hydrogen) atoms. The van der Waals surface area contributed by atoms with Crippen molar-refractivity contribution < 1.29 is 9.53 Å². The van der Waals surface area contributed by atoms with Crippen LogP contribution in [0.1, 0.15) is 24.0 Å². The number of benzene rings is 1. The molecule has 0 radical (unpaired) electrons. The highest BCUT2D eigenvalue weighted by Crippen LogP contribution is 2.24. The summed E-state index contributed by atoms with van der Waals surface area (Å²) in [5.41, 5.74) is 3.68. The van der Waals surface area contributed by atoms with Gasteiger partial charge in [-0.3, -0.25) is 0 Å². The maximum atomic E-state index is 11.8. The summed E-state index contributed by atoms with van der Waals surface area (Å²) in [6.07, 6.45) is 4.42. The van der Waals surface area contributed by atoms with Gasteiger partial charge in [0.2, 0.25) is 0 Å². The normalized spacial score (nSPS) is 21.7. The Labute approximate surface area is 107 Å². The largest absolute Gasteiger partial charge is 0.379 e. The Hall–Kier alpha value is -1.55. The van der Waals surface area contributed by atoms with E-state index in [1.54, 1.807) is 0 Å². The van der Waals surface area contributed by atoms with Crippen molar-refractivity contribution in [2.75, 3.05) is 18.5 Å². The van der Waals surface area contributed by atoms with E-state index >= 15 is 0 Å².